The molecule has 4 rings (SSSR count). The second kappa shape index (κ2) is 9.42. The van der Waals surface area contributed by atoms with Crippen molar-refractivity contribution in [2.45, 2.75) is 31.7 Å². The van der Waals surface area contributed by atoms with Crippen LogP contribution in [-0.4, -0.2) is 40.6 Å². The van der Waals surface area contributed by atoms with Crippen LogP contribution in [0.3, 0.4) is 0 Å². The average Bonchev–Trinajstić information content (AvgIpc) is 3.31. The van der Waals surface area contributed by atoms with Gasteiger partial charge in [0.2, 0.25) is 17.6 Å². The van der Waals surface area contributed by atoms with Crippen LogP contribution in [0.5, 0.6) is 0 Å². The largest absolute Gasteiger partial charge is 0.359 e. The summed E-state index contributed by atoms with van der Waals surface area (Å²) in [4.78, 5) is 30.8. The molecule has 0 saturated carbocycles. The number of likely N-dealkylation sites (tertiary alicyclic amines) is 1. The summed E-state index contributed by atoms with van der Waals surface area (Å²) in [5, 5.41) is 9.64. The molecule has 0 radical (unpaired) electrons. The highest BCUT2D eigenvalue weighted by Crippen LogP contribution is 2.31. The summed E-state index contributed by atoms with van der Waals surface area (Å²) in [5.41, 5.74) is 2.43. The first-order chi connectivity index (χ1) is 15.1. The molecule has 1 aromatic heterocycles. The van der Waals surface area contributed by atoms with Gasteiger partial charge in [-0.05, 0) is 37.0 Å². The maximum Gasteiger partial charge on any atom is 0.322 e. The van der Waals surface area contributed by atoms with Crippen molar-refractivity contribution in [3.8, 4) is 11.4 Å². The van der Waals surface area contributed by atoms with E-state index in [4.69, 9.17) is 4.52 Å². The van der Waals surface area contributed by atoms with Gasteiger partial charge in [-0.2, -0.15) is 4.98 Å². The summed E-state index contributed by atoms with van der Waals surface area (Å²) in [6.45, 7) is 0.619. The molecule has 1 aliphatic rings. The number of rotatable bonds is 5. The highest BCUT2D eigenvalue weighted by Gasteiger charge is 2.32. The molecule has 3 aromatic rings. The number of hydrogen-bond donors (Lipinski definition) is 2. The zero-order valence-corrected chi connectivity index (χ0v) is 17.4. The first kappa shape index (κ1) is 20.6. The highest BCUT2D eigenvalue weighted by atomic mass is 16.5. The second-order valence-corrected chi connectivity index (χ2v) is 7.50. The smallest absolute Gasteiger partial charge is 0.322 e. The van der Waals surface area contributed by atoms with Crippen LogP contribution in [0.1, 0.15) is 36.8 Å². The molecule has 0 bridgehead atoms. The summed E-state index contributed by atoms with van der Waals surface area (Å²) in [5.74, 6) is 0.922. The Morgan fingerprint density at radius 1 is 1.10 bits per heavy atom. The fourth-order valence-corrected chi connectivity index (χ4v) is 3.68. The second-order valence-electron chi connectivity index (χ2n) is 7.50. The van der Waals surface area contributed by atoms with Gasteiger partial charge in [-0.15, -0.1) is 0 Å². The lowest BCUT2D eigenvalue weighted by Crippen LogP contribution is -2.41. The molecule has 1 fully saturated rings. The van der Waals surface area contributed by atoms with Crippen molar-refractivity contribution in [3.63, 3.8) is 0 Å². The minimum absolute atomic E-state index is 0.0534. The van der Waals surface area contributed by atoms with Gasteiger partial charge in [0.15, 0.2) is 0 Å². The molecule has 8 nitrogen and oxygen atoms in total. The molecule has 160 valence electrons. The van der Waals surface area contributed by atoms with E-state index in [1.54, 1.807) is 24.1 Å². The van der Waals surface area contributed by atoms with E-state index in [0.717, 1.165) is 30.4 Å². The van der Waals surface area contributed by atoms with Crippen LogP contribution in [0.4, 0.5) is 10.5 Å². The molecule has 3 amide bonds. The van der Waals surface area contributed by atoms with Crippen LogP contribution in [0.15, 0.2) is 59.1 Å². The van der Waals surface area contributed by atoms with Crippen molar-refractivity contribution in [2.75, 3.05) is 18.9 Å². The molecular formula is C23H25N5O3. The van der Waals surface area contributed by atoms with Crippen LogP contribution in [0.2, 0.25) is 0 Å². The number of nitrogens with one attached hydrogen (secondary N) is 2. The summed E-state index contributed by atoms with van der Waals surface area (Å²) >= 11 is 0. The van der Waals surface area contributed by atoms with Gasteiger partial charge < -0.3 is 20.1 Å². The lowest BCUT2D eigenvalue weighted by molar-refractivity contribution is -0.119. The third kappa shape index (κ3) is 4.91. The van der Waals surface area contributed by atoms with Crippen molar-refractivity contribution in [2.24, 2.45) is 0 Å². The third-order valence-corrected chi connectivity index (χ3v) is 5.37. The fourth-order valence-electron chi connectivity index (χ4n) is 3.68. The normalized spacial score (nSPS) is 16.0. The molecular weight excluding hydrogens is 394 g/mol. The van der Waals surface area contributed by atoms with E-state index in [0.29, 0.717) is 30.4 Å². The Kier molecular flexibility index (Phi) is 6.26. The summed E-state index contributed by atoms with van der Waals surface area (Å²) < 4.78 is 5.53. The third-order valence-electron chi connectivity index (χ3n) is 5.37. The Morgan fingerprint density at radius 3 is 2.61 bits per heavy atom. The molecule has 8 heteroatoms. The standard InChI is InChI=1S/C23H25N5O3/c1-24-20(29)15-16-10-12-18(13-11-16)25-23(30)28-14-6-5-9-19(28)22-26-21(27-31-22)17-7-3-2-4-8-17/h2-4,7-8,10-13,19H,5-6,9,14-15H2,1H3,(H,24,29)(H,25,30). The number of amides is 3. The van der Waals surface area contributed by atoms with Crippen LogP contribution < -0.4 is 10.6 Å². The van der Waals surface area contributed by atoms with E-state index < -0.39 is 0 Å². The Bertz CT molecular complexity index is 1030. The summed E-state index contributed by atoms with van der Waals surface area (Å²) in [7, 11) is 1.61. The molecule has 2 aromatic carbocycles. The Balaban J connectivity index is 1.45. The van der Waals surface area contributed by atoms with E-state index in [2.05, 4.69) is 20.8 Å². The SMILES string of the molecule is CNC(=O)Cc1ccc(NC(=O)N2CCCCC2c2nc(-c3ccccc3)no2)cc1. The van der Waals surface area contributed by atoms with E-state index in [-0.39, 0.29) is 18.0 Å². The van der Waals surface area contributed by atoms with E-state index in [9.17, 15) is 9.59 Å². The minimum Gasteiger partial charge on any atom is -0.359 e. The number of carbonyl (C=O) groups excluding carboxylic acids is 2. The molecule has 0 aliphatic carbocycles. The van der Waals surface area contributed by atoms with Crippen LogP contribution in [0, 0.1) is 0 Å². The molecule has 1 aliphatic heterocycles. The Morgan fingerprint density at radius 2 is 1.87 bits per heavy atom. The van der Waals surface area contributed by atoms with Crippen LogP contribution in [-0.2, 0) is 11.2 Å². The lowest BCUT2D eigenvalue weighted by atomic mass is 10.0. The van der Waals surface area contributed by atoms with Gasteiger partial charge in [0.05, 0.1) is 6.42 Å². The maximum atomic E-state index is 13.0. The predicted molar refractivity (Wildman–Crippen MR) is 116 cm³/mol. The molecule has 2 heterocycles. The summed E-state index contributed by atoms with van der Waals surface area (Å²) in [6.07, 6.45) is 3.00. The monoisotopic (exact) mass is 419 g/mol. The first-order valence-electron chi connectivity index (χ1n) is 10.4. The molecule has 31 heavy (non-hydrogen) atoms. The highest BCUT2D eigenvalue weighted by molar-refractivity contribution is 5.89. The van der Waals surface area contributed by atoms with Crippen LogP contribution >= 0.6 is 0 Å². The van der Waals surface area contributed by atoms with Crippen molar-refractivity contribution < 1.29 is 14.1 Å². The number of likely N-dealkylation sites (N-methyl/N-ethyl adjacent to an activating group) is 1. The van der Waals surface area contributed by atoms with Crippen molar-refractivity contribution in [1.29, 1.82) is 0 Å². The van der Waals surface area contributed by atoms with Gasteiger partial charge in [-0.25, -0.2) is 4.79 Å². The predicted octanol–water partition coefficient (Wildman–Crippen LogP) is 3.78. The average molecular weight is 419 g/mol. The van der Waals surface area contributed by atoms with Gasteiger partial charge in [-0.1, -0.05) is 47.6 Å². The van der Waals surface area contributed by atoms with E-state index in [1.807, 2.05) is 42.5 Å². The molecule has 2 N–H and O–H groups in total. The van der Waals surface area contributed by atoms with Crippen LogP contribution in [0.25, 0.3) is 11.4 Å². The van der Waals surface area contributed by atoms with Gasteiger partial charge in [0.1, 0.15) is 6.04 Å². The molecule has 1 atom stereocenters. The minimum atomic E-state index is -0.258. The number of urea groups is 1. The quantitative estimate of drug-likeness (QED) is 0.655. The van der Waals surface area contributed by atoms with Gasteiger partial charge in [-0.3, -0.25) is 4.79 Å². The number of hydrogen-bond acceptors (Lipinski definition) is 5. The number of piperidine rings is 1. The van der Waals surface area contributed by atoms with Crippen molar-refractivity contribution in [3.05, 3.63) is 66.1 Å². The zero-order chi connectivity index (χ0) is 21.6. The number of nitrogens with zero attached hydrogens (tertiary/aromatic N) is 3. The molecule has 1 saturated heterocycles. The Labute approximate surface area is 180 Å². The molecule has 1 unspecified atom stereocenters. The first-order valence-corrected chi connectivity index (χ1v) is 10.4. The van der Waals surface area contributed by atoms with Gasteiger partial charge >= 0.3 is 6.03 Å². The topological polar surface area (TPSA) is 100 Å². The summed E-state index contributed by atoms with van der Waals surface area (Å²) in [6, 6.07) is 16.4. The maximum absolute atomic E-state index is 13.0. The zero-order valence-electron chi connectivity index (χ0n) is 17.4. The fraction of sp³-hybridized carbons (Fsp3) is 0.304. The van der Waals surface area contributed by atoms with Gasteiger partial charge in [0, 0.05) is 24.8 Å². The number of carbonyl (C=O) groups is 2. The van der Waals surface area contributed by atoms with E-state index in [1.165, 1.54) is 0 Å². The Hall–Kier alpha value is -3.68. The number of benzene rings is 2. The van der Waals surface area contributed by atoms with E-state index >= 15 is 0 Å². The molecule has 0 spiro atoms. The van der Waals surface area contributed by atoms with Crippen molar-refractivity contribution >= 4 is 17.6 Å². The van der Waals surface area contributed by atoms with Gasteiger partial charge in [0.25, 0.3) is 0 Å². The number of anilines is 1. The van der Waals surface area contributed by atoms with Crippen molar-refractivity contribution in [1.82, 2.24) is 20.4 Å². The lowest BCUT2D eigenvalue weighted by Gasteiger charge is -2.33. The number of aromatic nitrogens is 2.